The number of hydrogen-bond acceptors (Lipinski definition) is 4. The van der Waals surface area contributed by atoms with Gasteiger partial charge in [-0.15, -0.1) is 0 Å². The highest BCUT2D eigenvalue weighted by Crippen LogP contribution is 2.28. The summed E-state index contributed by atoms with van der Waals surface area (Å²) in [7, 11) is 0. The molecule has 0 radical (unpaired) electrons. The number of rotatable bonds is 5. The summed E-state index contributed by atoms with van der Waals surface area (Å²) < 4.78 is 0. The van der Waals surface area contributed by atoms with Crippen LogP contribution >= 0.6 is 0 Å². The standard InChI is InChI=1S/C15H23N3O2/c1-4-16-14-8-13(5-6-15(14)18(19)20)10-17-9-11(2)7-12(17)3/h5-6,8,11-12,16H,4,7,9-10H2,1-3H3. The molecular formula is C15H23N3O2. The molecule has 0 amide bonds. The highest BCUT2D eigenvalue weighted by atomic mass is 16.6. The minimum absolute atomic E-state index is 0.151. The molecule has 0 saturated carbocycles. The Labute approximate surface area is 120 Å². The van der Waals surface area contributed by atoms with E-state index in [4.69, 9.17) is 0 Å². The molecule has 1 heterocycles. The van der Waals surface area contributed by atoms with Crippen molar-refractivity contribution < 1.29 is 4.92 Å². The van der Waals surface area contributed by atoms with Crippen LogP contribution in [-0.2, 0) is 6.54 Å². The monoisotopic (exact) mass is 277 g/mol. The van der Waals surface area contributed by atoms with Crippen LogP contribution in [0.4, 0.5) is 11.4 Å². The van der Waals surface area contributed by atoms with Gasteiger partial charge in [0.2, 0.25) is 0 Å². The molecule has 0 aliphatic carbocycles. The molecule has 1 saturated heterocycles. The van der Waals surface area contributed by atoms with Gasteiger partial charge in [-0.05, 0) is 37.8 Å². The highest BCUT2D eigenvalue weighted by Gasteiger charge is 2.26. The van der Waals surface area contributed by atoms with E-state index in [0.717, 1.165) is 24.6 Å². The van der Waals surface area contributed by atoms with Crippen molar-refractivity contribution in [1.82, 2.24) is 4.90 Å². The summed E-state index contributed by atoms with van der Waals surface area (Å²) in [5.41, 5.74) is 1.90. The van der Waals surface area contributed by atoms with E-state index in [0.29, 0.717) is 18.3 Å². The SMILES string of the molecule is CCNc1cc(CN2CC(C)CC2C)ccc1[N+](=O)[O-]. The number of benzene rings is 1. The van der Waals surface area contributed by atoms with Gasteiger partial charge < -0.3 is 5.32 Å². The third kappa shape index (κ3) is 3.28. The number of nitrogens with one attached hydrogen (secondary N) is 1. The molecule has 1 aliphatic rings. The molecule has 20 heavy (non-hydrogen) atoms. The summed E-state index contributed by atoms with van der Waals surface area (Å²) in [5.74, 6) is 0.733. The number of nitrogens with zero attached hydrogens (tertiary/aromatic N) is 2. The zero-order chi connectivity index (χ0) is 14.7. The predicted octanol–water partition coefficient (Wildman–Crippen LogP) is 3.26. The Kier molecular flexibility index (Phi) is 4.60. The molecule has 2 unspecified atom stereocenters. The first-order valence-corrected chi connectivity index (χ1v) is 7.26. The van der Waals surface area contributed by atoms with Crippen molar-refractivity contribution >= 4 is 11.4 Å². The molecule has 1 aliphatic heterocycles. The van der Waals surface area contributed by atoms with Crippen LogP contribution in [-0.4, -0.2) is 29.0 Å². The van der Waals surface area contributed by atoms with Crippen molar-refractivity contribution in [1.29, 1.82) is 0 Å². The van der Waals surface area contributed by atoms with Crippen LogP contribution in [0.3, 0.4) is 0 Å². The summed E-state index contributed by atoms with van der Waals surface area (Å²) in [6.07, 6.45) is 1.23. The van der Waals surface area contributed by atoms with Crippen molar-refractivity contribution in [2.24, 2.45) is 5.92 Å². The molecule has 5 nitrogen and oxygen atoms in total. The first kappa shape index (κ1) is 14.8. The Hall–Kier alpha value is -1.62. The van der Waals surface area contributed by atoms with Crippen molar-refractivity contribution in [3.8, 4) is 0 Å². The first-order chi connectivity index (χ1) is 9.51. The maximum Gasteiger partial charge on any atom is 0.292 e. The van der Waals surface area contributed by atoms with E-state index in [1.165, 1.54) is 6.42 Å². The van der Waals surface area contributed by atoms with Gasteiger partial charge >= 0.3 is 0 Å². The highest BCUT2D eigenvalue weighted by molar-refractivity contribution is 5.62. The largest absolute Gasteiger partial charge is 0.380 e. The molecular weight excluding hydrogens is 254 g/mol. The Morgan fingerprint density at radius 2 is 2.20 bits per heavy atom. The van der Waals surface area contributed by atoms with Gasteiger partial charge in [0.25, 0.3) is 5.69 Å². The van der Waals surface area contributed by atoms with Crippen LogP contribution in [0.5, 0.6) is 0 Å². The van der Waals surface area contributed by atoms with E-state index in [1.54, 1.807) is 6.07 Å². The van der Waals surface area contributed by atoms with Crippen LogP contribution in [0.15, 0.2) is 18.2 Å². The number of anilines is 1. The average Bonchev–Trinajstić information content (AvgIpc) is 2.68. The smallest absolute Gasteiger partial charge is 0.292 e. The fourth-order valence-corrected chi connectivity index (χ4v) is 3.01. The van der Waals surface area contributed by atoms with Crippen LogP contribution in [0.25, 0.3) is 0 Å². The second-order valence-electron chi connectivity index (χ2n) is 5.76. The molecule has 2 rings (SSSR count). The van der Waals surface area contributed by atoms with Gasteiger partial charge in [0.15, 0.2) is 0 Å². The van der Waals surface area contributed by atoms with Crippen molar-refractivity contribution in [3.63, 3.8) is 0 Å². The molecule has 2 atom stereocenters. The summed E-state index contributed by atoms with van der Waals surface area (Å²) >= 11 is 0. The average molecular weight is 277 g/mol. The zero-order valence-corrected chi connectivity index (χ0v) is 12.4. The van der Waals surface area contributed by atoms with E-state index in [-0.39, 0.29) is 10.6 Å². The third-order valence-electron chi connectivity index (χ3n) is 3.92. The van der Waals surface area contributed by atoms with Gasteiger partial charge in [-0.1, -0.05) is 13.0 Å². The number of nitro benzene ring substituents is 1. The van der Waals surface area contributed by atoms with E-state index in [2.05, 4.69) is 24.1 Å². The topological polar surface area (TPSA) is 58.4 Å². The lowest BCUT2D eigenvalue weighted by Crippen LogP contribution is -2.26. The number of hydrogen-bond donors (Lipinski definition) is 1. The van der Waals surface area contributed by atoms with Gasteiger partial charge in [0, 0.05) is 31.7 Å². The van der Waals surface area contributed by atoms with Crippen molar-refractivity contribution in [2.45, 2.75) is 39.8 Å². The normalized spacial score (nSPS) is 22.9. The maximum absolute atomic E-state index is 11.0. The van der Waals surface area contributed by atoms with E-state index >= 15 is 0 Å². The molecule has 0 aromatic heterocycles. The Morgan fingerprint density at radius 3 is 2.75 bits per heavy atom. The summed E-state index contributed by atoms with van der Waals surface area (Å²) in [5, 5.41) is 14.1. The van der Waals surface area contributed by atoms with Gasteiger partial charge in [0.05, 0.1) is 4.92 Å². The minimum atomic E-state index is -0.331. The fourth-order valence-electron chi connectivity index (χ4n) is 3.01. The van der Waals surface area contributed by atoms with Crippen LogP contribution in [0.1, 0.15) is 32.8 Å². The van der Waals surface area contributed by atoms with Crippen LogP contribution in [0, 0.1) is 16.0 Å². The molecule has 0 bridgehead atoms. The summed E-state index contributed by atoms with van der Waals surface area (Å²) in [4.78, 5) is 13.1. The summed E-state index contributed by atoms with van der Waals surface area (Å²) in [6, 6.07) is 5.98. The lowest BCUT2D eigenvalue weighted by molar-refractivity contribution is -0.384. The lowest BCUT2D eigenvalue weighted by Gasteiger charge is -2.21. The Morgan fingerprint density at radius 1 is 1.45 bits per heavy atom. The number of nitro groups is 1. The van der Waals surface area contributed by atoms with Crippen LogP contribution in [0.2, 0.25) is 0 Å². The second kappa shape index (κ2) is 6.22. The molecule has 1 fully saturated rings. The Bertz CT molecular complexity index is 490. The zero-order valence-electron chi connectivity index (χ0n) is 12.4. The maximum atomic E-state index is 11.0. The lowest BCUT2D eigenvalue weighted by atomic mass is 10.1. The third-order valence-corrected chi connectivity index (χ3v) is 3.92. The Balaban J connectivity index is 2.16. The van der Waals surface area contributed by atoms with Gasteiger partial charge in [0.1, 0.15) is 5.69 Å². The quantitative estimate of drug-likeness (QED) is 0.663. The molecule has 110 valence electrons. The molecule has 1 N–H and O–H groups in total. The second-order valence-corrected chi connectivity index (χ2v) is 5.76. The van der Waals surface area contributed by atoms with Crippen molar-refractivity contribution in [3.05, 3.63) is 33.9 Å². The van der Waals surface area contributed by atoms with Crippen molar-refractivity contribution in [2.75, 3.05) is 18.4 Å². The predicted molar refractivity (Wildman–Crippen MR) is 80.9 cm³/mol. The molecule has 5 heteroatoms. The minimum Gasteiger partial charge on any atom is -0.380 e. The van der Waals surface area contributed by atoms with Gasteiger partial charge in [-0.25, -0.2) is 0 Å². The van der Waals surface area contributed by atoms with Gasteiger partial charge in [-0.3, -0.25) is 15.0 Å². The van der Waals surface area contributed by atoms with E-state index in [1.807, 2.05) is 19.1 Å². The summed E-state index contributed by atoms with van der Waals surface area (Å²) in [6.45, 7) is 9.12. The molecule has 1 aromatic carbocycles. The first-order valence-electron chi connectivity index (χ1n) is 7.26. The molecule has 1 aromatic rings. The van der Waals surface area contributed by atoms with E-state index in [9.17, 15) is 10.1 Å². The van der Waals surface area contributed by atoms with Crippen LogP contribution < -0.4 is 5.32 Å². The number of likely N-dealkylation sites (tertiary alicyclic amines) is 1. The van der Waals surface area contributed by atoms with E-state index < -0.39 is 0 Å². The molecule has 0 spiro atoms. The van der Waals surface area contributed by atoms with Gasteiger partial charge in [-0.2, -0.15) is 0 Å². The fraction of sp³-hybridized carbons (Fsp3) is 0.600.